The van der Waals surface area contributed by atoms with Crippen molar-refractivity contribution < 1.29 is 0 Å². The Morgan fingerprint density at radius 3 is 2.90 bits per heavy atom. The maximum atomic E-state index is 5.65. The fourth-order valence-electron chi connectivity index (χ4n) is 0.722. The van der Waals surface area contributed by atoms with Gasteiger partial charge in [0.15, 0.2) is 5.15 Å². The van der Waals surface area contributed by atoms with E-state index in [-0.39, 0.29) is 0 Å². The molecule has 0 amide bonds. The molecule has 0 fully saturated rings. The van der Waals surface area contributed by atoms with E-state index in [4.69, 9.17) is 11.6 Å². The first-order valence-corrected chi connectivity index (χ1v) is 3.06. The van der Waals surface area contributed by atoms with Crippen molar-refractivity contribution in [2.45, 2.75) is 0 Å². The highest BCUT2D eigenvalue weighted by molar-refractivity contribution is 6.33. The zero-order valence-corrected chi connectivity index (χ0v) is 5.63. The second-order valence-corrected chi connectivity index (χ2v) is 2.14. The third-order valence-corrected chi connectivity index (χ3v) is 1.41. The molecule has 0 aliphatic rings. The third-order valence-electron chi connectivity index (χ3n) is 1.15. The molecule has 2 aromatic heterocycles. The molecule has 4 nitrogen and oxygen atoms in total. The Balaban J connectivity index is 2.93. The van der Waals surface area contributed by atoms with Crippen LogP contribution >= 0.6 is 11.6 Å². The molecule has 0 saturated heterocycles. The molecule has 0 unspecified atom stereocenters. The molecule has 0 aliphatic carbocycles. The number of halogens is 1. The van der Waals surface area contributed by atoms with Gasteiger partial charge in [-0.1, -0.05) is 11.6 Å². The topological polar surface area (TPSA) is 54.5 Å². The monoisotopic (exact) mass is 154 g/mol. The van der Waals surface area contributed by atoms with Crippen LogP contribution in [0.2, 0.25) is 5.15 Å². The van der Waals surface area contributed by atoms with E-state index in [1.54, 1.807) is 12.4 Å². The first-order chi connectivity index (χ1) is 4.88. The lowest BCUT2D eigenvalue weighted by Crippen LogP contribution is -1.76. The molecule has 0 bridgehead atoms. The van der Waals surface area contributed by atoms with Crippen LogP contribution in [0, 0.1) is 0 Å². The lowest BCUT2D eigenvalue weighted by Gasteiger charge is -1.81. The third kappa shape index (κ3) is 0.657. The van der Waals surface area contributed by atoms with Gasteiger partial charge < -0.3 is 0 Å². The highest BCUT2D eigenvalue weighted by Crippen LogP contribution is 2.13. The minimum atomic E-state index is 0.433. The molecular weight excluding hydrogens is 152 g/mol. The molecule has 50 valence electrons. The summed E-state index contributed by atoms with van der Waals surface area (Å²) in [5, 5.41) is 6.79. The predicted molar refractivity (Wildman–Crippen MR) is 36.7 cm³/mol. The van der Waals surface area contributed by atoms with Crippen molar-refractivity contribution in [3.8, 4) is 0 Å². The number of fused-ring (bicyclic) bond motifs is 1. The molecular formula is C5H3ClN4. The highest BCUT2D eigenvalue weighted by atomic mass is 35.5. The van der Waals surface area contributed by atoms with Gasteiger partial charge >= 0.3 is 0 Å². The minimum Gasteiger partial charge on any atom is -0.263 e. The van der Waals surface area contributed by atoms with E-state index in [0.29, 0.717) is 16.3 Å². The summed E-state index contributed by atoms with van der Waals surface area (Å²) in [4.78, 5) is 7.87. The molecule has 10 heavy (non-hydrogen) atoms. The van der Waals surface area contributed by atoms with E-state index in [2.05, 4.69) is 20.2 Å². The van der Waals surface area contributed by atoms with Crippen molar-refractivity contribution >= 4 is 22.8 Å². The summed E-state index contributed by atoms with van der Waals surface area (Å²) in [5.74, 6) is 0. The maximum Gasteiger partial charge on any atom is 0.201 e. The van der Waals surface area contributed by atoms with Gasteiger partial charge in [-0.05, 0) is 0 Å². The standard InChI is InChI=1S/C5H3ClN4/c6-4-3-5(10-9-4)8-2-1-7-3/h1-2H,(H,8,9,10). The van der Waals surface area contributed by atoms with Crippen LogP contribution in [-0.4, -0.2) is 20.2 Å². The molecule has 0 aliphatic heterocycles. The molecule has 0 saturated carbocycles. The van der Waals surface area contributed by atoms with Gasteiger partial charge in [-0.3, -0.25) is 5.10 Å². The lowest BCUT2D eigenvalue weighted by atomic mass is 10.6. The molecule has 0 spiro atoms. The number of aromatic amines is 1. The van der Waals surface area contributed by atoms with Crippen LogP contribution in [0.3, 0.4) is 0 Å². The van der Waals surface area contributed by atoms with Crippen LogP contribution < -0.4 is 0 Å². The highest BCUT2D eigenvalue weighted by Gasteiger charge is 2.01. The first-order valence-electron chi connectivity index (χ1n) is 2.68. The summed E-state index contributed by atoms with van der Waals surface area (Å²) in [6, 6.07) is 0. The number of aromatic nitrogens is 4. The van der Waals surface area contributed by atoms with Gasteiger partial charge in [-0.2, -0.15) is 5.10 Å². The average molecular weight is 155 g/mol. The fraction of sp³-hybridized carbons (Fsp3) is 0. The van der Waals surface area contributed by atoms with Crippen molar-refractivity contribution in [2.75, 3.05) is 0 Å². The van der Waals surface area contributed by atoms with E-state index in [1.807, 2.05) is 0 Å². The quantitative estimate of drug-likeness (QED) is 0.616. The SMILES string of the molecule is Clc1[nH]nc2nccnc12. The molecule has 1 N–H and O–H groups in total. The van der Waals surface area contributed by atoms with Crippen LogP contribution in [0.4, 0.5) is 0 Å². The Morgan fingerprint density at radius 1 is 1.30 bits per heavy atom. The summed E-state index contributed by atoms with van der Waals surface area (Å²) in [5.41, 5.74) is 1.16. The summed E-state index contributed by atoms with van der Waals surface area (Å²) >= 11 is 5.65. The fourth-order valence-corrected chi connectivity index (χ4v) is 0.898. The van der Waals surface area contributed by atoms with E-state index in [1.165, 1.54) is 0 Å². The number of rotatable bonds is 0. The minimum absolute atomic E-state index is 0.433. The van der Waals surface area contributed by atoms with Crippen LogP contribution in [0.5, 0.6) is 0 Å². The van der Waals surface area contributed by atoms with Crippen LogP contribution in [0.15, 0.2) is 12.4 Å². The molecule has 5 heteroatoms. The smallest absolute Gasteiger partial charge is 0.201 e. The van der Waals surface area contributed by atoms with E-state index in [0.717, 1.165) is 0 Å². The van der Waals surface area contributed by atoms with Gasteiger partial charge in [0.05, 0.1) is 0 Å². The van der Waals surface area contributed by atoms with Gasteiger partial charge in [0.25, 0.3) is 0 Å². The van der Waals surface area contributed by atoms with Crippen LogP contribution in [0.1, 0.15) is 0 Å². The van der Waals surface area contributed by atoms with E-state index < -0.39 is 0 Å². The second-order valence-electron chi connectivity index (χ2n) is 1.77. The van der Waals surface area contributed by atoms with Gasteiger partial charge in [0.2, 0.25) is 5.65 Å². The number of nitrogens with one attached hydrogen (secondary N) is 1. The molecule has 2 heterocycles. The van der Waals surface area contributed by atoms with Gasteiger partial charge in [0, 0.05) is 12.4 Å². The number of H-pyrrole nitrogens is 1. The largest absolute Gasteiger partial charge is 0.263 e. The van der Waals surface area contributed by atoms with Crippen molar-refractivity contribution in [1.29, 1.82) is 0 Å². The summed E-state index contributed by atoms with van der Waals surface area (Å²) in [6.45, 7) is 0. The van der Waals surface area contributed by atoms with Gasteiger partial charge in [-0.15, -0.1) is 0 Å². The Kier molecular flexibility index (Phi) is 1.07. The molecule has 0 atom stereocenters. The van der Waals surface area contributed by atoms with Crippen molar-refractivity contribution in [2.24, 2.45) is 0 Å². The van der Waals surface area contributed by atoms with E-state index >= 15 is 0 Å². The summed E-state index contributed by atoms with van der Waals surface area (Å²) in [6.07, 6.45) is 3.14. The second kappa shape index (κ2) is 1.91. The number of hydrogen-bond acceptors (Lipinski definition) is 3. The van der Waals surface area contributed by atoms with Crippen LogP contribution in [0.25, 0.3) is 11.2 Å². The molecule has 0 radical (unpaired) electrons. The maximum absolute atomic E-state index is 5.65. The van der Waals surface area contributed by atoms with Crippen molar-refractivity contribution in [3.05, 3.63) is 17.5 Å². The molecule has 2 rings (SSSR count). The average Bonchev–Trinajstić information content (AvgIpc) is 2.34. The zero-order valence-electron chi connectivity index (χ0n) is 4.87. The molecule has 2 aromatic rings. The summed E-state index contributed by atoms with van der Waals surface area (Å²) < 4.78 is 0. The Bertz CT molecular complexity index is 355. The van der Waals surface area contributed by atoms with E-state index in [9.17, 15) is 0 Å². The van der Waals surface area contributed by atoms with Gasteiger partial charge in [0.1, 0.15) is 5.52 Å². The zero-order chi connectivity index (χ0) is 6.97. The normalized spacial score (nSPS) is 10.5. The van der Waals surface area contributed by atoms with Crippen molar-refractivity contribution in [3.63, 3.8) is 0 Å². The molecule has 0 aromatic carbocycles. The van der Waals surface area contributed by atoms with Gasteiger partial charge in [-0.25, -0.2) is 9.97 Å². The van der Waals surface area contributed by atoms with Crippen molar-refractivity contribution in [1.82, 2.24) is 20.2 Å². The Labute approximate surface area is 61.3 Å². The lowest BCUT2D eigenvalue weighted by molar-refractivity contribution is 1.10. The Hall–Kier alpha value is -1.16. The number of hydrogen-bond donors (Lipinski definition) is 1. The van der Waals surface area contributed by atoms with Crippen LogP contribution in [-0.2, 0) is 0 Å². The Morgan fingerprint density at radius 2 is 2.10 bits per heavy atom. The number of nitrogens with zero attached hydrogens (tertiary/aromatic N) is 3. The predicted octanol–water partition coefficient (Wildman–Crippen LogP) is 1.01. The summed E-state index contributed by atoms with van der Waals surface area (Å²) in [7, 11) is 0. The first kappa shape index (κ1) is 5.61.